The van der Waals surface area contributed by atoms with Gasteiger partial charge >= 0.3 is 18.2 Å². The van der Waals surface area contributed by atoms with Crippen molar-refractivity contribution in [2.75, 3.05) is 6.54 Å². The molecule has 0 saturated carbocycles. The van der Waals surface area contributed by atoms with Gasteiger partial charge in [-0.15, -0.1) is 0 Å². The minimum Gasteiger partial charge on any atom is -0.480 e. The van der Waals surface area contributed by atoms with Crippen LogP contribution in [0.25, 0.3) is 0 Å². The predicted molar refractivity (Wildman–Crippen MR) is 138 cm³/mol. The number of hydrogen-bond acceptors (Lipinski definition) is 10. The zero-order valence-corrected chi connectivity index (χ0v) is 22.9. The first kappa shape index (κ1) is 32.8. The van der Waals surface area contributed by atoms with E-state index in [1.54, 1.807) is 0 Å². The number of nitrogens with zero attached hydrogens (tertiary/aromatic N) is 1. The van der Waals surface area contributed by atoms with Crippen LogP contribution in [0.4, 0.5) is 9.59 Å². The summed E-state index contributed by atoms with van der Waals surface area (Å²) in [6, 6.07) is 0. The Morgan fingerprint density at radius 1 is 0.875 bits per heavy atom. The molecular weight excluding hydrogens is 552 g/mol. The quantitative estimate of drug-likeness (QED) is 0.170. The van der Waals surface area contributed by atoms with E-state index in [0.29, 0.717) is 17.9 Å². The third-order valence-corrected chi connectivity index (χ3v) is 7.30. The van der Waals surface area contributed by atoms with Gasteiger partial charge in [-0.05, 0) is 64.2 Å². The van der Waals surface area contributed by atoms with Crippen LogP contribution in [0.15, 0.2) is 24.3 Å². The normalized spacial score (nSPS) is 24.0. The van der Waals surface area contributed by atoms with Gasteiger partial charge in [0.2, 0.25) is 5.25 Å². The van der Waals surface area contributed by atoms with Crippen molar-refractivity contribution in [1.82, 2.24) is 10.4 Å². The number of carboxylic acid groups (broad SMARTS) is 1. The summed E-state index contributed by atoms with van der Waals surface area (Å²) in [5.74, 6) is -2.74. The first-order valence-corrected chi connectivity index (χ1v) is 14.7. The van der Waals surface area contributed by atoms with E-state index in [0.717, 1.165) is 51.4 Å². The maximum absolute atomic E-state index is 11.5. The van der Waals surface area contributed by atoms with Crippen LogP contribution in [-0.4, -0.2) is 77.2 Å². The highest BCUT2D eigenvalue weighted by Crippen LogP contribution is 2.18. The standard InChI is InChI=1S/C13H17NO5.C12H19NO7S/c15-11-8-9-12(16)14(11)19-13(17)18-10-6-4-2-1-3-5-7-10;14-11(15)10(21(17,18)19)8-13-12(16)20-9-6-4-2-1-3-5-7-9/h1-2,10H,3-9H2;1-2,9-10H,3-8H2,(H,13,16)(H,14,15)(H,17,18,19)/b2*2-1+/t10-;9-,10?/m00/s1. The molecule has 0 aromatic heterocycles. The molecule has 2 aliphatic carbocycles. The van der Waals surface area contributed by atoms with E-state index in [1.165, 1.54) is 0 Å². The van der Waals surface area contributed by atoms with Gasteiger partial charge in [-0.1, -0.05) is 29.4 Å². The lowest BCUT2D eigenvalue weighted by molar-refractivity contribution is -0.178. The van der Waals surface area contributed by atoms with E-state index < -0.39 is 51.9 Å². The Morgan fingerprint density at radius 2 is 1.38 bits per heavy atom. The second kappa shape index (κ2) is 16.6. The fraction of sp³-hybridized carbons (Fsp3) is 0.640. The number of alkyl carbamates (subject to hydrolysis) is 1. The predicted octanol–water partition coefficient (Wildman–Crippen LogP) is 3.04. The Hall–Kier alpha value is -3.46. The SMILES string of the molecule is O=C(NCC(C(=O)O)S(=O)(=O)O)O[C@H]1CC/C=C/CCC1.O=C(O[C@H]1CC/C=C/CCC1)ON1C(=O)CCC1=O. The lowest BCUT2D eigenvalue weighted by atomic mass is 10.0. The van der Waals surface area contributed by atoms with E-state index >= 15 is 0 Å². The van der Waals surface area contributed by atoms with Gasteiger partial charge in [0.25, 0.3) is 21.9 Å². The Kier molecular flexibility index (Phi) is 13.6. The molecule has 0 bridgehead atoms. The fourth-order valence-electron chi connectivity index (χ4n) is 4.07. The maximum Gasteiger partial charge on any atom is 0.534 e. The average molecular weight is 589 g/mol. The second-order valence-corrected chi connectivity index (χ2v) is 11.0. The summed E-state index contributed by atoms with van der Waals surface area (Å²) in [4.78, 5) is 61.0. The van der Waals surface area contributed by atoms with Crippen molar-refractivity contribution in [3.8, 4) is 0 Å². The summed E-state index contributed by atoms with van der Waals surface area (Å²) in [5.41, 5.74) is 0. The van der Waals surface area contributed by atoms with Gasteiger partial charge in [-0.3, -0.25) is 23.8 Å². The molecule has 0 aromatic rings. The number of rotatable bonds is 7. The van der Waals surface area contributed by atoms with E-state index in [4.69, 9.17) is 19.1 Å². The molecule has 1 unspecified atom stereocenters. The van der Waals surface area contributed by atoms with Gasteiger partial charge < -0.3 is 19.9 Å². The second-order valence-electron chi connectivity index (χ2n) is 9.37. The molecule has 15 heteroatoms. The Labute approximate surface area is 232 Å². The number of amides is 3. The molecule has 3 rings (SSSR count). The van der Waals surface area contributed by atoms with E-state index in [9.17, 15) is 32.4 Å². The number of carboxylic acids is 1. The number of imide groups is 1. The number of carbonyl (C=O) groups excluding carboxylic acids is 4. The zero-order valence-electron chi connectivity index (χ0n) is 22.1. The van der Waals surface area contributed by atoms with Crippen LogP contribution in [0.1, 0.15) is 77.0 Å². The lowest BCUT2D eigenvalue weighted by Crippen LogP contribution is -2.42. The monoisotopic (exact) mass is 588 g/mol. The molecule has 1 saturated heterocycles. The first-order valence-electron chi connectivity index (χ1n) is 13.1. The van der Waals surface area contributed by atoms with E-state index in [1.807, 2.05) is 6.08 Å². The van der Waals surface area contributed by atoms with Crippen molar-refractivity contribution in [3.05, 3.63) is 24.3 Å². The van der Waals surface area contributed by atoms with Gasteiger partial charge in [-0.25, -0.2) is 9.59 Å². The Morgan fingerprint density at radius 3 is 1.88 bits per heavy atom. The van der Waals surface area contributed by atoms with Crippen molar-refractivity contribution in [1.29, 1.82) is 0 Å². The highest BCUT2D eigenvalue weighted by molar-refractivity contribution is 7.87. The molecule has 224 valence electrons. The third-order valence-electron chi connectivity index (χ3n) is 6.21. The molecule has 1 aliphatic heterocycles. The molecule has 40 heavy (non-hydrogen) atoms. The molecule has 0 spiro atoms. The van der Waals surface area contributed by atoms with Crippen LogP contribution in [0.3, 0.4) is 0 Å². The summed E-state index contributed by atoms with van der Waals surface area (Å²) in [7, 11) is -4.78. The van der Waals surface area contributed by atoms with Crippen LogP contribution in [0.5, 0.6) is 0 Å². The molecule has 3 N–H and O–H groups in total. The Balaban J connectivity index is 0.000000281. The van der Waals surface area contributed by atoms with Crippen molar-refractivity contribution in [2.45, 2.75) is 94.5 Å². The first-order chi connectivity index (χ1) is 19.0. The number of ether oxygens (including phenoxy) is 2. The number of aliphatic carboxylic acids is 1. The number of allylic oxidation sites excluding steroid dienone is 4. The van der Waals surface area contributed by atoms with Crippen LogP contribution < -0.4 is 5.32 Å². The van der Waals surface area contributed by atoms with E-state index in [2.05, 4.69) is 28.4 Å². The number of carbonyl (C=O) groups is 5. The Bertz CT molecular complexity index is 1060. The van der Waals surface area contributed by atoms with Crippen LogP contribution in [0, 0.1) is 0 Å². The topological polar surface area (TPSA) is 203 Å². The van der Waals surface area contributed by atoms with Crippen LogP contribution >= 0.6 is 0 Å². The molecule has 1 fully saturated rings. The molecule has 3 atom stereocenters. The summed E-state index contributed by atoms with van der Waals surface area (Å²) in [6.07, 6.45) is 14.2. The minimum atomic E-state index is -4.78. The van der Waals surface area contributed by atoms with Crippen molar-refractivity contribution in [3.63, 3.8) is 0 Å². The summed E-state index contributed by atoms with van der Waals surface area (Å²) in [6.45, 7) is -0.750. The summed E-state index contributed by atoms with van der Waals surface area (Å²) in [5, 5.41) is 9.13. The average Bonchev–Trinajstić information content (AvgIpc) is 3.14. The minimum absolute atomic E-state index is 0.0837. The zero-order chi connectivity index (χ0) is 29.5. The maximum atomic E-state index is 11.5. The van der Waals surface area contributed by atoms with Gasteiger partial charge in [0.05, 0.1) is 6.54 Å². The number of nitrogens with one attached hydrogen (secondary N) is 1. The van der Waals surface area contributed by atoms with Crippen LogP contribution in [-0.2, 0) is 38.8 Å². The van der Waals surface area contributed by atoms with Gasteiger partial charge in [0.1, 0.15) is 12.2 Å². The van der Waals surface area contributed by atoms with Gasteiger partial charge in [0, 0.05) is 12.8 Å². The number of hydrogen-bond donors (Lipinski definition) is 3. The smallest absolute Gasteiger partial charge is 0.480 e. The molecule has 3 amide bonds. The molecule has 0 radical (unpaired) electrons. The third kappa shape index (κ3) is 12.2. The molecular formula is C25H36N2O12S. The van der Waals surface area contributed by atoms with Crippen molar-refractivity contribution < 1.29 is 56.4 Å². The molecule has 14 nitrogen and oxygen atoms in total. The van der Waals surface area contributed by atoms with Gasteiger partial charge in [0.15, 0.2) is 0 Å². The van der Waals surface area contributed by atoms with E-state index in [-0.39, 0.29) is 25.0 Å². The molecule has 1 heterocycles. The van der Waals surface area contributed by atoms with Crippen molar-refractivity contribution in [2.24, 2.45) is 0 Å². The fourth-order valence-corrected chi connectivity index (χ4v) is 4.61. The van der Waals surface area contributed by atoms with Crippen LogP contribution in [0.2, 0.25) is 0 Å². The lowest BCUT2D eigenvalue weighted by Gasteiger charge is -2.19. The highest BCUT2D eigenvalue weighted by atomic mass is 32.2. The van der Waals surface area contributed by atoms with Crippen molar-refractivity contribution >= 4 is 40.2 Å². The summed E-state index contributed by atoms with van der Waals surface area (Å²) < 4.78 is 40.7. The highest BCUT2D eigenvalue weighted by Gasteiger charge is 2.34. The molecule has 3 aliphatic rings. The number of hydroxylamine groups is 2. The molecule has 0 aromatic carbocycles. The largest absolute Gasteiger partial charge is 0.534 e. The summed E-state index contributed by atoms with van der Waals surface area (Å²) >= 11 is 0. The van der Waals surface area contributed by atoms with Gasteiger partial charge in [-0.2, -0.15) is 8.42 Å².